The van der Waals surface area contributed by atoms with Crippen molar-refractivity contribution in [2.24, 2.45) is 0 Å². The zero-order valence-corrected chi connectivity index (χ0v) is 16.3. The molecule has 136 valence electrons. The molecule has 0 heteroatoms. The lowest BCUT2D eigenvalue weighted by Crippen LogP contribution is -1.80. The van der Waals surface area contributed by atoms with E-state index in [4.69, 9.17) is 0 Å². The van der Waals surface area contributed by atoms with E-state index >= 15 is 0 Å². The summed E-state index contributed by atoms with van der Waals surface area (Å²) in [5.74, 6) is 0. The molecule has 0 saturated carbocycles. The molecule has 0 spiro atoms. The second kappa shape index (κ2) is 21.5. The third kappa shape index (κ3) is 21.5. The molecule has 0 aromatic heterocycles. The monoisotopic (exact) mass is 320 g/mol. The fourth-order valence-electron chi connectivity index (χ4n) is 2.93. The van der Waals surface area contributed by atoms with Crippen LogP contribution in [0.5, 0.6) is 0 Å². The van der Waals surface area contributed by atoms with Crippen molar-refractivity contribution in [2.75, 3.05) is 0 Å². The van der Waals surface area contributed by atoms with Crippen molar-refractivity contribution in [2.45, 2.75) is 123 Å². The number of rotatable bonds is 18. The smallest absolute Gasteiger partial charge is 0.0316 e. The average Bonchev–Trinajstić information content (AvgIpc) is 2.57. The summed E-state index contributed by atoms with van der Waals surface area (Å²) in [5, 5.41) is 0. The standard InChI is InChI=1S/C23H44/c1-3-5-7-9-11-13-15-17-19-21-23-22-20-18-16-14-12-10-8-6-4-2/h13,15,21,23H,3-12,14,16-20,22H2,1-2H3/b15-13-,23-21-. The van der Waals surface area contributed by atoms with Gasteiger partial charge in [-0.2, -0.15) is 0 Å². The summed E-state index contributed by atoms with van der Waals surface area (Å²) in [6, 6.07) is 0. The zero-order valence-electron chi connectivity index (χ0n) is 16.3. The van der Waals surface area contributed by atoms with Crippen molar-refractivity contribution < 1.29 is 0 Å². The molecule has 0 N–H and O–H groups in total. The van der Waals surface area contributed by atoms with Crippen LogP contribution in [0.15, 0.2) is 24.3 Å². The van der Waals surface area contributed by atoms with E-state index in [2.05, 4.69) is 38.2 Å². The van der Waals surface area contributed by atoms with Gasteiger partial charge >= 0.3 is 0 Å². The summed E-state index contributed by atoms with van der Waals surface area (Å²) < 4.78 is 0. The van der Waals surface area contributed by atoms with Crippen LogP contribution in [0.25, 0.3) is 0 Å². The van der Waals surface area contributed by atoms with Crippen LogP contribution in [0, 0.1) is 0 Å². The first-order valence-electron chi connectivity index (χ1n) is 10.7. The Bertz CT molecular complexity index is 249. The van der Waals surface area contributed by atoms with Gasteiger partial charge in [0.15, 0.2) is 0 Å². The Labute approximate surface area is 147 Å². The van der Waals surface area contributed by atoms with Gasteiger partial charge in [-0.05, 0) is 38.5 Å². The third-order valence-corrected chi connectivity index (χ3v) is 4.53. The maximum Gasteiger partial charge on any atom is -0.0316 e. The number of unbranched alkanes of at least 4 members (excludes halogenated alkanes) is 14. The van der Waals surface area contributed by atoms with E-state index in [9.17, 15) is 0 Å². The van der Waals surface area contributed by atoms with Crippen LogP contribution < -0.4 is 0 Å². The summed E-state index contributed by atoms with van der Waals surface area (Å²) in [7, 11) is 0. The predicted molar refractivity (Wildman–Crippen MR) is 108 cm³/mol. The molecule has 0 aliphatic heterocycles. The van der Waals surface area contributed by atoms with Gasteiger partial charge < -0.3 is 0 Å². The fraction of sp³-hybridized carbons (Fsp3) is 0.826. The molecule has 23 heavy (non-hydrogen) atoms. The van der Waals surface area contributed by atoms with Gasteiger partial charge in [0.1, 0.15) is 0 Å². The van der Waals surface area contributed by atoms with E-state index < -0.39 is 0 Å². The lowest BCUT2D eigenvalue weighted by Gasteiger charge is -2.00. The van der Waals surface area contributed by atoms with Crippen LogP contribution >= 0.6 is 0 Å². The molecule has 0 aliphatic rings. The third-order valence-electron chi connectivity index (χ3n) is 4.53. The van der Waals surface area contributed by atoms with Crippen molar-refractivity contribution in [1.29, 1.82) is 0 Å². The molecule has 0 saturated heterocycles. The number of hydrogen-bond acceptors (Lipinski definition) is 0. The van der Waals surface area contributed by atoms with Gasteiger partial charge in [-0.3, -0.25) is 0 Å². The highest BCUT2D eigenvalue weighted by molar-refractivity contribution is 4.88. The predicted octanol–water partition coefficient (Wildman–Crippen LogP) is 8.77. The summed E-state index contributed by atoms with van der Waals surface area (Å²) >= 11 is 0. The SMILES string of the molecule is CCCCCC/C=C\CC/C=C\CCCCCCCCCCC. The van der Waals surface area contributed by atoms with Crippen molar-refractivity contribution in [3.63, 3.8) is 0 Å². The van der Waals surface area contributed by atoms with E-state index in [1.807, 2.05) is 0 Å². The zero-order chi connectivity index (χ0) is 16.8. The van der Waals surface area contributed by atoms with E-state index in [1.54, 1.807) is 0 Å². The van der Waals surface area contributed by atoms with Crippen LogP contribution in [0.3, 0.4) is 0 Å². The first kappa shape index (κ1) is 22.5. The second-order valence-electron chi connectivity index (χ2n) is 6.99. The lowest BCUT2D eigenvalue weighted by atomic mass is 10.1. The molecule has 0 atom stereocenters. The van der Waals surface area contributed by atoms with Crippen LogP contribution in [0.4, 0.5) is 0 Å². The Hall–Kier alpha value is -0.520. The molecule has 0 aliphatic carbocycles. The van der Waals surface area contributed by atoms with Crippen molar-refractivity contribution in [1.82, 2.24) is 0 Å². The lowest BCUT2D eigenvalue weighted by molar-refractivity contribution is 0.566. The van der Waals surface area contributed by atoms with E-state index in [1.165, 1.54) is 109 Å². The fourth-order valence-corrected chi connectivity index (χ4v) is 2.93. The number of hydrogen-bond donors (Lipinski definition) is 0. The van der Waals surface area contributed by atoms with E-state index in [0.29, 0.717) is 0 Å². The van der Waals surface area contributed by atoms with Gasteiger partial charge in [0, 0.05) is 0 Å². The van der Waals surface area contributed by atoms with Gasteiger partial charge in [0.25, 0.3) is 0 Å². The van der Waals surface area contributed by atoms with E-state index in [-0.39, 0.29) is 0 Å². The Morgan fingerprint density at radius 2 is 0.652 bits per heavy atom. The molecular weight excluding hydrogens is 276 g/mol. The Morgan fingerprint density at radius 1 is 0.348 bits per heavy atom. The van der Waals surface area contributed by atoms with Gasteiger partial charge in [0.05, 0.1) is 0 Å². The first-order chi connectivity index (χ1) is 11.4. The van der Waals surface area contributed by atoms with Crippen LogP contribution in [-0.2, 0) is 0 Å². The molecule has 0 rings (SSSR count). The molecule has 0 amide bonds. The van der Waals surface area contributed by atoms with Crippen LogP contribution in [-0.4, -0.2) is 0 Å². The molecular formula is C23H44. The number of allylic oxidation sites excluding steroid dienone is 4. The van der Waals surface area contributed by atoms with Crippen molar-refractivity contribution in [3.8, 4) is 0 Å². The summed E-state index contributed by atoms with van der Waals surface area (Å²) in [6.45, 7) is 4.56. The topological polar surface area (TPSA) is 0 Å². The van der Waals surface area contributed by atoms with Gasteiger partial charge in [-0.15, -0.1) is 0 Å². The summed E-state index contributed by atoms with van der Waals surface area (Å²) in [4.78, 5) is 0. The minimum atomic E-state index is 1.22. The van der Waals surface area contributed by atoms with Crippen molar-refractivity contribution >= 4 is 0 Å². The maximum absolute atomic E-state index is 2.40. The van der Waals surface area contributed by atoms with Crippen LogP contribution in [0.2, 0.25) is 0 Å². The highest BCUT2D eigenvalue weighted by atomic mass is 14.0. The van der Waals surface area contributed by atoms with Gasteiger partial charge in [-0.1, -0.05) is 109 Å². The molecule has 0 nitrogen and oxygen atoms in total. The second-order valence-corrected chi connectivity index (χ2v) is 6.99. The molecule has 0 aromatic rings. The van der Waals surface area contributed by atoms with E-state index in [0.717, 1.165) is 0 Å². The average molecular weight is 321 g/mol. The molecule has 0 heterocycles. The van der Waals surface area contributed by atoms with Gasteiger partial charge in [-0.25, -0.2) is 0 Å². The normalized spacial score (nSPS) is 11.9. The largest absolute Gasteiger partial charge is 0.0885 e. The first-order valence-corrected chi connectivity index (χ1v) is 10.7. The molecule has 0 bridgehead atoms. The molecule has 0 aromatic carbocycles. The van der Waals surface area contributed by atoms with Gasteiger partial charge in [0.2, 0.25) is 0 Å². The minimum Gasteiger partial charge on any atom is -0.0885 e. The quantitative estimate of drug-likeness (QED) is 0.175. The summed E-state index contributed by atoms with van der Waals surface area (Å²) in [5.41, 5.74) is 0. The Morgan fingerprint density at radius 3 is 1.09 bits per heavy atom. The highest BCUT2D eigenvalue weighted by Crippen LogP contribution is 2.11. The molecule has 0 fully saturated rings. The molecule has 0 radical (unpaired) electrons. The Balaban J connectivity index is 3.12. The molecule has 0 unspecified atom stereocenters. The van der Waals surface area contributed by atoms with Crippen molar-refractivity contribution in [3.05, 3.63) is 24.3 Å². The van der Waals surface area contributed by atoms with Crippen LogP contribution in [0.1, 0.15) is 123 Å². The Kier molecular flexibility index (Phi) is 21.0. The minimum absolute atomic E-state index is 1.22. The maximum atomic E-state index is 2.40. The summed E-state index contributed by atoms with van der Waals surface area (Å²) in [6.07, 6.45) is 32.9. The highest BCUT2D eigenvalue weighted by Gasteiger charge is 1.91.